The first kappa shape index (κ1) is 18.8. The van der Waals surface area contributed by atoms with Gasteiger partial charge in [-0.05, 0) is 55.3 Å². The molecule has 8 heteroatoms. The summed E-state index contributed by atoms with van der Waals surface area (Å²) in [6.07, 6.45) is 4.72. The number of rotatable bonds is 6. The van der Waals surface area contributed by atoms with Crippen LogP contribution in [0.2, 0.25) is 0 Å². The van der Waals surface area contributed by atoms with Crippen LogP contribution in [0.25, 0.3) is 5.69 Å². The molecule has 0 radical (unpaired) electrons. The van der Waals surface area contributed by atoms with Crippen LogP contribution in [0, 0.1) is 0 Å². The standard InChI is InChI=1S/C21H22N4O4/c1-28-17-8-6-16(7-9-17)25-12-10-15(23-25)14-22-20(26)18-4-2-11-24(18)21(27)19-5-3-13-29-19/h3,5-10,12-13,18H,2,4,11,14H2,1H3,(H,22,26). The van der Waals surface area contributed by atoms with E-state index in [1.807, 2.05) is 36.5 Å². The largest absolute Gasteiger partial charge is 0.497 e. The zero-order chi connectivity index (χ0) is 20.2. The van der Waals surface area contributed by atoms with Crippen molar-refractivity contribution >= 4 is 11.8 Å². The van der Waals surface area contributed by atoms with E-state index in [4.69, 9.17) is 9.15 Å². The van der Waals surface area contributed by atoms with Gasteiger partial charge in [-0.15, -0.1) is 0 Å². The van der Waals surface area contributed by atoms with E-state index < -0.39 is 6.04 Å². The number of aromatic nitrogens is 2. The molecule has 1 N–H and O–H groups in total. The Morgan fingerprint density at radius 2 is 2.07 bits per heavy atom. The third kappa shape index (κ3) is 4.01. The number of likely N-dealkylation sites (tertiary alicyclic amines) is 1. The highest BCUT2D eigenvalue weighted by atomic mass is 16.5. The molecule has 0 spiro atoms. The number of carbonyl (C=O) groups excluding carboxylic acids is 2. The lowest BCUT2D eigenvalue weighted by Gasteiger charge is -2.22. The number of ether oxygens (including phenoxy) is 1. The Morgan fingerprint density at radius 3 is 2.79 bits per heavy atom. The van der Waals surface area contributed by atoms with Crippen LogP contribution in [0.5, 0.6) is 5.75 Å². The van der Waals surface area contributed by atoms with Crippen molar-refractivity contribution < 1.29 is 18.7 Å². The van der Waals surface area contributed by atoms with Crippen molar-refractivity contribution in [2.75, 3.05) is 13.7 Å². The molecule has 0 bridgehead atoms. The summed E-state index contributed by atoms with van der Waals surface area (Å²) in [6.45, 7) is 0.838. The number of methoxy groups -OCH3 is 1. The van der Waals surface area contributed by atoms with Crippen LogP contribution in [0.4, 0.5) is 0 Å². The monoisotopic (exact) mass is 394 g/mol. The molecule has 1 unspecified atom stereocenters. The summed E-state index contributed by atoms with van der Waals surface area (Å²) in [5.74, 6) is 0.597. The van der Waals surface area contributed by atoms with Crippen LogP contribution in [-0.4, -0.2) is 46.2 Å². The third-order valence-corrected chi connectivity index (χ3v) is 4.97. The first-order valence-corrected chi connectivity index (χ1v) is 9.47. The lowest BCUT2D eigenvalue weighted by molar-refractivity contribution is -0.125. The molecule has 0 saturated carbocycles. The maximum atomic E-state index is 12.7. The van der Waals surface area contributed by atoms with E-state index in [-0.39, 0.29) is 17.6 Å². The van der Waals surface area contributed by atoms with Gasteiger partial charge >= 0.3 is 0 Å². The molecule has 1 fully saturated rings. The second-order valence-corrected chi connectivity index (χ2v) is 6.80. The van der Waals surface area contributed by atoms with Gasteiger partial charge in [0.2, 0.25) is 5.91 Å². The Kier molecular flexibility index (Phi) is 5.33. The second-order valence-electron chi connectivity index (χ2n) is 6.80. The highest BCUT2D eigenvalue weighted by molar-refractivity contribution is 5.95. The number of hydrogen-bond acceptors (Lipinski definition) is 5. The van der Waals surface area contributed by atoms with Crippen LogP contribution in [0.15, 0.2) is 59.3 Å². The summed E-state index contributed by atoms with van der Waals surface area (Å²) in [7, 11) is 1.62. The quantitative estimate of drug-likeness (QED) is 0.693. The van der Waals surface area contributed by atoms with Crippen LogP contribution in [-0.2, 0) is 11.3 Å². The molecule has 2 amide bonds. The number of hydrogen-bond donors (Lipinski definition) is 1. The Balaban J connectivity index is 1.37. The topological polar surface area (TPSA) is 89.6 Å². The number of furan rings is 1. The Labute approximate surface area is 168 Å². The normalized spacial score (nSPS) is 16.0. The fraction of sp³-hybridized carbons (Fsp3) is 0.286. The van der Waals surface area contributed by atoms with Crippen molar-refractivity contribution in [3.8, 4) is 11.4 Å². The average molecular weight is 394 g/mol. The van der Waals surface area contributed by atoms with E-state index >= 15 is 0 Å². The number of carbonyl (C=O) groups is 2. The maximum absolute atomic E-state index is 12.7. The summed E-state index contributed by atoms with van der Waals surface area (Å²) < 4.78 is 12.1. The summed E-state index contributed by atoms with van der Waals surface area (Å²) in [5.41, 5.74) is 1.63. The van der Waals surface area contributed by atoms with Gasteiger partial charge in [-0.3, -0.25) is 9.59 Å². The molecule has 1 aromatic carbocycles. The van der Waals surface area contributed by atoms with Gasteiger partial charge in [0, 0.05) is 12.7 Å². The van der Waals surface area contributed by atoms with Crippen molar-refractivity contribution in [1.29, 1.82) is 0 Å². The predicted molar refractivity (Wildman–Crippen MR) is 105 cm³/mol. The molecule has 2 aromatic heterocycles. The van der Waals surface area contributed by atoms with Crippen molar-refractivity contribution in [3.63, 3.8) is 0 Å². The van der Waals surface area contributed by atoms with Gasteiger partial charge in [0.05, 0.1) is 31.3 Å². The van der Waals surface area contributed by atoms with Crippen LogP contribution in [0.3, 0.4) is 0 Å². The molecule has 0 aliphatic carbocycles. The van der Waals surface area contributed by atoms with Gasteiger partial charge in [0.1, 0.15) is 11.8 Å². The molecule has 1 aliphatic heterocycles. The molecular formula is C21H22N4O4. The van der Waals surface area contributed by atoms with E-state index in [0.29, 0.717) is 19.5 Å². The zero-order valence-electron chi connectivity index (χ0n) is 16.1. The fourth-order valence-corrected chi connectivity index (χ4v) is 3.45. The lowest BCUT2D eigenvalue weighted by Crippen LogP contribution is -2.45. The SMILES string of the molecule is COc1ccc(-n2ccc(CNC(=O)C3CCCN3C(=O)c3ccco3)n2)cc1. The summed E-state index contributed by atoms with van der Waals surface area (Å²) in [5, 5.41) is 7.39. The maximum Gasteiger partial charge on any atom is 0.290 e. The van der Waals surface area contributed by atoms with Crippen molar-refractivity contribution in [2.45, 2.75) is 25.4 Å². The van der Waals surface area contributed by atoms with Crippen LogP contribution in [0.1, 0.15) is 29.1 Å². The summed E-state index contributed by atoms with van der Waals surface area (Å²) in [6, 6.07) is 12.2. The van der Waals surface area contributed by atoms with E-state index in [1.165, 1.54) is 6.26 Å². The van der Waals surface area contributed by atoms with Gasteiger partial charge in [-0.1, -0.05) is 0 Å². The smallest absolute Gasteiger partial charge is 0.290 e. The molecule has 150 valence electrons. The minimum absolute atomic E-state index is 0.179. The lowest BCUT2D eigenvalue weighted by atomic mass is 10.2. The van der Waals surface area contributed by atoms with Crippen molar-refractivity contribution in [3.05, 3.63) is 66.4 Å². The van der Waals surface area contributed by atoms with E-state index in [2.05, 4.69) is 10.4 Å². The van der Waals surface area contributed by atoms with E-state index in [9.17, 15) is 9.59 Å². The van der Waals surface area contributed by atoms with Crippen LogP contribution >= 0.6 is 0 Å². The zero-order valence-corrected chi connectivity index (χ0v) is 16.1. The average Bonchev–Trinajstić information content (AvgIpc) is 3.53. The number of nitrogens with one attached hydrogen (secondary N) is 1. The Morgan fingerprint density at radius 1 is 1.24 bits per heavy atom. The summed E-state index contributed by atoms with van der Waals surface area (Å²) in [4.78, 5) is 26.8. The molecule has 3 aromatic rings. The molecule has 4 rings (SSSR count). The van der Waals surface area contributed by atoms with E-state index in [1.54, 1.807) is 28.8 Å². The third-order valence-electron chi connectivity index (χ3n) is 4.97. The Bertz CT molecular complexity index is 979. The first-order chi connectivity index (χ1) is 14.2. The number of nitrogens with zero attached hydrogens (tertiary/aromatic N) is 3. The minimum Gasteiger partial charge on any atom is -0.497 e. The van der Waals surface area contributed by atoms with Crippen molar-refractivity contribution in [2.24, 2.45) is 0 Å². The molecule has 3 heterocycles. The predicted octanol–water partition coefficient (Wildman–Crippen LogP) is 2.39. The molecule has 1 atom stereocenters. The van der Waals surface area contributed by atoms with Gasteiger partial charge in [0.25, 0.3) is 5.91 Å². The van der Waals surface area contributed by atoms with Gasteiger partial charge in [-0.25, -0.2) is 4.68 Å². The summed E-state index contributed by atoms with van der Waals surface area (Å²) >= 11 is 0. The highest BCUT2D eigenvalue weighted by Gasteiger charge is 2.35. The first-order valence-electron chi connectivity index (χ1n) is 9.47. The van der Waals surface area contributed by atoms with Gasteiger partial charge < -0.3 is 19.4 Å². The fourth-order valence-electron chi connectivity index (χ4n) is 3.45. The molecule has 8 nitrogen and oxygen atoms in total. The highest BCUT2D eigenvalue weighted by Crippen LogP contribution is 2.21. The molecular weight excluding hydrogens is 372 g/mol. The molecule has 1 aliphatic rings. The van der Waals surface area contributed by atoms with Crippen molar-refractivity contribution in [1.82, 2.24) is 20.0 Å². The van der Waals surface area contributed by atoms with E-state index in [0.717, 1.165) is 23.6 Å². The Hall–Kier alpha value is -3.55. The molecule has 29 heavy (non-hydrogen) atoms. The van der Waals surface area contributed by atoms with Gasteiger partial charge in [0.15, 0.2) is 5.76 Å². The molecule has 1 saturated heterocycles. The van der Waals surface area contributed by atoms with Crippen LogP contribution < -0.4 is 10.1 Å². The number of benzene rings is 1. The number of amides is 2. The second kappa shape index (κ2) is 8.22. The minimum atomic E-state index is -0.490. The van der Waals surface area contributed by atoms with Gasteiger partial charge in [-0.2, -0.15) is 5.10 Å².